The molecule has 2 N–H and O–H groups in total. The van der Waals surface area contributed by atoms with Crippen molar-refractivity contribution >= 4 is 5.78 Å². The minimum Gasteiger partial charge on any atom is -0.393 e. The maximum Gasteiger partial charge on any atom is 0.142 e. The van der Waals surface area contributed by atoms with Gasteiger partial charge in [-0.25, -0.2) is 0 Å². The third kappa shape index (κ3) is 4.45. The molecule has 1 aliphatic carbocycles. The molecule has 0 aromatic heterocycles. The van der Waals surface area contributed by atoms with Crippen LogP contribution >= 0.6 is 0 Å². The van der Waals surface area contributed by atoms with Crippen LogP contribution in [0.4, 0.5) is 0 Å². The number of aliphatic hydroxyl groups excluding tert-OH is 2. The lowest BCUT2D eigenvalue weighted by molar-refractivity contribution is -0.119. The highest BCUT2D eigenvalue weighted by molar-refractivity contribution is 5.85. The van der Waals surface area contributed by atoms with Crippen molar-refractivity contribution in [2.24, 2.45) is 5.92 Å². The summed E-state index contributed by atoms with van der Waals surface area (Å²) in [5, 5.41) is 18.9. The molecule has 1 saturated carbocycles. The Morgan fingerprint density at radius 3 is 2.81 bits per heavy atom. The third-order valence-electron chi connectivity index (χ3n) is 3.05. The quantitative estimate of drug-likeness (QED) is 0.536. The lowest BCUT2D eigenvalue weighted by atomic mass is 10.0. The largest absolute Gasteiger partial charge is 0.393 e. The fraction of sp³-hybridized carbons (Fsp3) is 0.769. The average Bonchev–Trinajstić information content (AvgIpc) is 2.55. The summed E-state index contributed by atoms with van der Waals surface area (Å²) in [5.74, 6) is -0.0969. The number of aliphatic hydroxyl groups is 2. The number of rotatable bonds is 6. The molecule has 3 heteroatoms. The van der Waals surface area contributed by atoms with Gasteiger partial charge in [-0.1, -0.05) is 38.3 Å². The van der Waals surface area contributed by atoms with E-state index in [4.69, 9.17) is 0 Å². The van der Waals surface area contributed by atoms with Crippen LogP contribution in [0.25, 0.3) is 0 Å². The number of carbonyl (C=O) groups excluding carboxylic acids is 1. The van der Waals surface area contributed by atoms with Crippen molar-refractivity contribution in [1.29, 1.82) is 0 Å². The van der Waals surface area contributed by atoms with E-state index in [2.05, 4.69) is 6.92 Å². The van der Waals surface area contributed by atoms with Crippen LogP contribution in [0.1, 0.15) is 45.4 Å². The number of Topliss-reactive ketones (excluding diaryl/α,β-unsaturated/α-hetero) is 1. The van der Waals surface area contributed by atoms with E-state index in [1.54, 1.807) is 12.2 Å². The topological polar surface area (TPSA) is 57.5 Å². The van der Waals surface area contributed by atoms with E-state index in [9.17, 15) is 15.0 Å². The third-order valence-corrected chi connectivity index (χ3v) is 3.05. The second kappa shape index (κ2) is 6.81. The summed E-state index contributed by atoms with van der Waals surface area (Å²) in [6, 6.07) is 0. The molecule has 0 amide bonds. The van der Waals surface area contributed by atoms with Gasteiger partial charge in [-0.3, -0.25) is 4.79 Å². The van der Waals surface area contributed by atoms with Crippen molar-refractivity contribution in [2.45, 2.75) is 57.7 Å². The maximum absolute atomic E-state index is 11.4. The van der Waals surface area contributed by atoms with Crippen molar-refractivity contribution < 1.29 is 15.0 Å². The first-order valence-electron chi connectivity index (χ1n) is 6.20. The van der Waals surface area contributed by atoms with Crippen molar-refractivity contribution in [3.63, 3.8) is 0 Å². The second-order valence-electron chi connectivity index (χ2n) is 4.61. The molecule has 16 heavy (non-hydrogen) atoms. The van der Waals surface area contributed by atoms with Crippen molar-refractivity contribution in [1.82, 2.24) is 0 Å². The maximum atomic E-state index is 11.4. The number of hydrogen-bond acceptors (Lipinski definition) is 3. The molecule has 1 rings (SSSR count). The number of ketones is 1. The predicted molar refractivity (Wildman–Crippen MR) is 63.0 cm³/mol. The van der Waals surface area contributed by atoms with Crippen molar-refractivity contribution in [3.8, 4) is 0 Å². The zero-order chi connectivity index (χ0) is 12.0. The van der Waals surface area contributed by atoms with Gasteiger partial charge in [0.2, 0.25) is 0 Å². The van der Waals surface area contributed by atoms with Crippen LogP contribution in [0.2, 0.25) is 0 Å². The van der Waals surface area contributed by atoms with Crippen LogP contribution in [0.3, 0.4) is 0 Å². The van der Waals surface area contributed by atoms with Crippen LogP contribution in [-0.2, 0) is 4.79 Å². The molecule has 0 spiro atoms. The van der Waals surface area contributed by atoms with Crippen LogP contribution in [-0.4, -0.2) is 28.2 Å². The summed E-state index contributed by atoms with van der Waals surface area (Å²) >= 11 is 0. The fourth-order valence-corrected chi connectivity index (χ4v) is 2.04. The Bertz CT molecular complexity index is 248. The number of unbranched alkanes of at least 4 members (excludes halogenated alkanes) is 2. The minimum absolute atomic E-state index is 0.0875. The van der Waals surface area contributed by atoms with E-state index in [1.807, 2.05) is 0 Å². The first-order chi connectivity index (χ1) is 7.63. The van der Waals surface area contributed by atoms with Gasteiger partial charge in [0.1, 0.15) is 5.78 Å². The lowest BCUT2D eigenvalue weighted by Gasteiger charge is -2.06. The summed E-state index contributed by atoms with van der Waals surface area (Å²) in [5.41, 5.74) is 0. The fourth-order valence-electron chi connectivity index (χ4n) is 2.04. The lowest BCUT2D eigenvalue weighted by Crippen LogP contribution is -2.06. The molecule has 0 heterocycles. The van der Waals surface area contributed by atoms with Gasteiger partial charge in [0.25, 0.3) is 0 Å². The number of hydrogen-bond donors (Lipinski definition) is 2. The molecule has 1 aliphatic rings. The Morgan fingerprint density at radius 1 is 1.50 bits per heavy atom. The summed E-state index contributed by atoms with van der Waals surface area (Å²) in [4.78, 5) is 11.4. The first-order valence-corrected chi connectivity index (χ1v) is 6.20. The standard InChI is InChI=1S/C13H22O3/c1-2-3-4-5-11(14)7-6-10-8-12(15)9-13(10)16/h6-7,10-12,14-15H,2-5,8-9H2,1H3/b7-6+/t10-,11-,12?/m1/s1. The van der Waals surface area contributed by atoms with Gasteiger partial charge in [-0.2, -0.15) is 0 Å². The Kier molecular flexibility index (Phi) is 5.71. The predicted octanol–water partition coefficient (Wildman–Crippen LogP) is 1.82. The molecule has 3 atom stereocenters. The highest BCUT2D eigenvalue weighted by Crippen LogP contribution is 2.23. The van der Waals surface area contributed by atoms with Gasteiger partial charge >= 0.3 is 0 Å². The van der Waals surface area contributed by atoms with Crippen molar-refractivity contribution in [2.75, 3.05) is 0 Å². The zero-order valence-corrected chi connectivity index (χ0v) is 9.93. The second-order valence-corrected chi connectivity index (χ2v) is 4.61. The number of carbonyl (C=O) groups is 1. The molecule has 0 radical (unpaired) electrons. The van der Waals surface area contributed by atoms with E-state index in [0.717, 1.165) is 25.7 Å². The van der Waals surface area contributed by atoms with Gasteiger partial charge in [0.15, 0.2) is 0 Å². The summed E-state index contributed by atoms with van der Waals surface area (Å²) < 4.78 is 0. The number of allylic oxidation sites excluding steroid dienone is 1. The highest BCUT2D eigenvalue weighted by Gasteiger charge is 2.29. The highest BCUT2D eigenvalue weighted by atomic mass is 16.3. The Balaban J connectivity index is 2.27. The monoisotopic (exact) mass is 226 g/mol. The Hall–Kier alpha value is -0.670. The molecule has 0 saturated heterocycles. The van der Waals surface area contributed by atoms with E-state index >= 15 is 0 Å². The first kappa shape index (κ1) is 13.4. The van der Waals surface area contributed by atoms with Crippen LogP contribution < -0.4 is 0 Å². The SMILES string of the molecule is CCCCC[C@@H](O)/C=C/[C@@H]1CC(O)CC1=O. The van der Waals surface area contributed by atoms with Crippen molar-refractivity contribution in [3.05, 3.63) is 12.2 Å². The summed E-state index contributed by atoms with van der Waals surface area (Å²) in [7, 11) is 0. The van der Waals surface area contributed by atoms with Crippen LogP contribution in [0, 0.1) is 5.92 Å². The normalized spacial score (nSPS) is 27.8. The van der Waals surface area contributed by atoms with Crippen LogP contribution in [0.15, 0.2) is 12.2 Å². The molecule has 0 aromatic rings. The minimum atomic E-state index is -0.487. The molecular weight excluding hydrogens is 204 g/mol. The van der Waals surface area contributed by atoms with Gasteiger partial charge < -0.3 is 10.2 Å². The summed E-state index contributed by atoms with van der Waals surface area (Å²) in [6.45, 7) is 2.13. The molecule has 0 aliphatic heterocycles. The van der Waals surface area contributed by atoms with E-state index < -0.39 is 12.2 Å². The van der Waals surface area contributed by atoms with Gasteiger partial charge in [0.05, 0.1) is 12.2 Å². The van der Waals surface area contributed by atoms with Crippen LogP contribution in [0.5, 0.6) is 0 Å². The van der Waals surface area contributed by atoms with E-state index in [1.165, 1.54) is 0 Å². The Morgan fingerprint density at radius 2 is 2.25 bits per heavy atom. The molecule has 3 nitrogen and oxygen atoms in total. The summed E-state index contributed by atoms with van der Waals surface area (Å²) in [6.07, 6.45) is 7.35. The molecule has 1 unspecified atom stereocenters. The Labute approximate surface area is 97.2 Å². The molecule has 0 aromatic carbocycles. The molecule has 1 fully saturated rings. The molecular formula is C13H22O3. The average molecular weight is 226 g/mol. The van der Waals surface area contributed by atoms with E-state index in [0.29, 0.717) is 6.42 Å². The van der Waals surface area contributed by atoms with Gasteiger partial charge in [-0.15, -0.1) is 0 Å². The van der Waals surface area contributed by atoms with E-state index in [-0.39, 0.29) is 18.1 Å². The molecule has 92 valence electrons. The van der Waals surface area contributed by atoms with Gasteiger partial charge in [0, 0.05) is 12.3 Å². The van der Waals surface area contributed by atoms with Gasteiger partial charge in [-0.05, 0) is 12.8 Å². The molecule has 0 bridgehead atoms. The zero-order valence-electron chi connectivity index (χ0n) is 9.93. The smallest absolute Gasteiger partial charge is 0.142 e.